The number of hydrogen-bond donors (Lipinski definition) is 1. The summed E-state index contributed by atoms with van der Waals surface area (Å²) in [6.45, 7) is 7.21. The van der Waals surface area contributed by atoms with Gasteiger partial charge < -0.3 is 4.42 Å². The quantitative estimate of drug-likeness (QED) is 0.835. The van der Waals surface area contributed by atoms with E-state index in [1.807, 2.05) is 17.7 Å². The van der Waals surface area contributed by atoms with Gasteiger partial charge in [-0.05, 0) is 31.1 Å². The molecule has 0 amide bonds. The van der Waals surface area contributed by atoms with Gasteiger partial charge in [-0.3, -0.25) is 4.68 Å². The molecule has 0 radical (unpaired) electrons. The van der Waals surface area contributed by atoms with Crippen molar-refractivity contribution in [1.82, 2.24) is 20.0 Å². The van der Waals surface area contributed by atoms with E-state index in [9.17, 15) is 0 Å². The van der Waals surface area contributed by atoms with Gasteiger partial charge in [0.2, 0.25) is 0 Å². The smallest absolute Gasteiger partial charge is 0.284 e. The second kappa shape index (κ2) is 4.21. The Labute approximate surface area is 98.5 Å². The third-order valence-electron chi connectivity index (χ3n) is 2.18. The van der Waals surface area contributed by atoms with Crippen LogP contribution in [0.5, 0.6) is 0 Å². The summed E-state index contributed by atoms with van der Waals surface area (Å²) in [6.07, 6.45) is 0. The molecule has 0 aliphatic rings. The normalized spacial score (nSPS) is 11.2. The summed E-state index contributed by atoms with van der Waals surface area (Å²) in [5, 5.41) is 11.0. The Balaban J connectivity index is 2.34. The van der Waals surface area contributed by atoms with Crippen LogP contribution in [-0.2, 0) is 6.54 Å². The highest BCUT2D eigenvalue weighted by atomic mass is 32.1. The van der Waals surface area contributed by atoms with Crippen molar-refractivity contribution in [2.24, 2.45) is 5.92 Å². The lowest BCUT2D eigenvalue weighted by Gasteiger charge is -2.06. The molecule has 6 heteroatoms. The van der Waals surface area contributed by atoms with Crippen LogP contribution in [0.4, 0.5) is 0 Å². The number of hydrogen-bond acceptors (Lipinski definition) is 4. The van der Waals surface area contributed by atoms with Crippen molar-refractivity contribution in [3.8, 4) is 11.6 Å². The number of H-pyrrole nitrogens is 1. The molecule has 0 fully saturated rings. The summed E-state index contributed by atoms with van der Waals surface area (Å²) in [4.78, 5) is 0.270. The molecule has 0 bridgehead atoms. The van der Waals surface area contributed by atoms with E-state index in [1.54, 1.807) is 0 Å². The minimum atomic E-state index is 0.270. The Morgan fingerprint density at radius 2 is 2.31 bits per heavy atom. The number of nitrogens with one attached hydrogen (secondary N) is 1. The molecule has 0 unspecified atom stereocenters. The lowest BCUT2D eigenvalue weighted by molar-refractivity contribution is 0.473. The number of aryl methyl sites for hydroxylation is 1. The molecule has 0 saturated heterocycles. The fourth-order valence-corrected chi connectivity index (χ4v) is 1.61. The summed E-state index contributed by atoms with van der Waals surface area (Å²) in [7, 11) is 0. The highest BCUT2D eigenvalue weighted by molar-refractivity contribution is 7.71. The molecule has 0 atom stereocenters. The average Bonchev–Trinajstić information content (AvgIpc) is 2.74. The van der Waals surface area contributed by atoms with E-state index in [-0.39, 0.29) is 4.84 Å². The first-order chi connectivity index (χ1) is 7.56. The zero-order valence-corrected chi connectivity index (χ0v) is 10.3. The van der Waals surface area contributed by atoms with E-state index < -0.39 is 0 Å². The van der Waals surface area contributed by atoms with Gasteiger partial charge in [-0.15, -0.1) is 5.10 Å². The van der Waals surface area contributed by atoms with Crippen molar-refractivity contribution in [2.75, 3.05) is 0 Å². The molecular weight excluding hydrogens is 224 g/mol. The van der Waals surface area contributed by atoms with E-state index in [0.29, 0.717) is 17.5 Å². The van der Waals surface area contributed by atoms with Crippen LogP contribution in [0.3, 0.4) is 0 Å². The third-order valence-corrected chi connectivity index (χ3v) is 2.35. The molecule has 0 saturated carbocycles. The van der Waals surface area contributed by atoms with Crippen molar-refractivity contribution < 1.29 is 4.42 Å². The van der Waals surface area contributed by atoms with Crippen LogP contribution in [0.1, 0.15) is 19.5 Å². The fourth-order valence-electron chi connectivity index (χ4n) is 1.48. The summed E-state index contributed by atoms with van der Waals surface area (Å²) in [5.41, 5.74) is 1.80. The van der Waals surface area contributed by atoms with Gasteiger partial charge in [-0.2, -0.15) is 5.10 Å². The van der Waals surface area contributed by atoms with Crippen LogP contribution in [0.15, 0.2) is 10.5 Å². The molecule has 2 aromatic rings. The molecule has 0 aliphatic carbocycles. The molecule has 16 heavy (non-hydrogen) atoms. The summed E-state index contributed by atoms with van der Waals surface area (Å²) < 4.78 is 7.17. The van der Waals surface area contributed by atoms with E-state index in [1.165, 1.54) is 0 Å². The van der Waals surface area contributed by atoms with Gasteiger partial charge in [0.05, 0.1) is 0 Å². The molecular formula is C10H14N4OS. The Morgan fingerprint density at radius 1 is 1.56 bits per heavy atom. The van der Waals surface area contributed by atoms with Gasteiger partial charge in [-0.25, -0.2) is 5.10 Å². The molecule has 2 heterocycles. The lowest BCUT2D eigenvalue weighted by atomic mass is 10.2. The number of aromatic nitrogens is 4. The highest BCUT2D eigenvalue weighted by Crippen LogP contribution is 2.17. The van der Waals surface area contributed by atoms with E-state index in [2.05, 4.69) is 29.1 Å². The Morgan fingerprint density at radius 3 is 2.88 bits per heavy atom. The van der Waals surface area contributed by atoms with Crippen LogP contribution in [0.25, 0.3) is 11.6 Å². The predicted molar refractivity (Wildman–Crippen MR) is 62.5 cm³/mol. The first kappa shape index (κ1) is 11.1. The van der Waals surface area contributed by atoms with E-state index in [0.717, 1.165) is 12.2 Å². The van der Waals surface area contributed by atoms with Crippen molar-refractivity contribution >= 4 is 12.2 Å². The van der Waals surface area contributed by atoms with Crippen LogP contribution in [0, 0.1) is 17.7 Å². The lowest BCUT2D eigenvalue weighted by Crippen LogP contribution is -2.07. The van der Waals surface area contributed by atoms with Crippen molar-refractivity contribution in [2.45, 2.75) is 27.3 Å². The molecule has 5 nitrogen and oxygen atoms in total. The SMILES string of the molecule is Cc1cc(-c2n[nH]c(=S)o2)nn1CC(C)C. The molecule has 2 rings (SSSR count). The summed E-state index contributed by atoms with van der Waals surface area (Å²) in [6, 6.07) is 1.94. The van der Waals surface area contributed by atoms with Gasteiger partial charge in [0, 0.05) is 12.2 Å². The van der Waals surface area contributed by atoms with Gasteiger partial charge in [0.1, 0.15) is 5.69 Å². The molecule has 0 spiro atoms. The van der Waals surface area contributed by atoms with Gasteiger partial charge in [0.25, 0.3) is 10.7 Å². The average molecular weight is 238 g/mol. The molecule has 0 aliphatic heterocycles. The molecule has 86 valence electrons. The van der Waals surface area contributed by atoms with E-state index in [4.69, 9.17) is 16.6 Å². The fraction of sp³-hybridized carbons (Fsp3) is 0.500. The topological polar surface area (TPSA) is 59.6 Å². The van der Waals surface area contributed by atoms with E-state index >= 15 is 0 Å². The maximum absolute atomic E-state index is 5.22. The van der Waals surface area contributed by atoms with Crippen LogP contribution in [0.2, 0.25) is 0 Å². The molecule has 1 N–H and O–H groups in total. The first-order valence-corrected chi connectivity index (χ1v) is 5.57. The van der Waals surface area contributed by atoms with Crippen molar-refractivity contribution in [3.63, 3.8) is 0 Å². The standard InChI is InChI=1S/C10H14N4OS/c1-6(2)5-14-7(3)4-8(13-14)9-11-12-10(16)15-9/h4,6H,5H2,1-3H3,(H,12,16). The molecule has 2 aromatic heterocycles. The van der Waals surface area contributed by atoms with Crippen LogP contribution < -0.4 is 0 Å². The van der Waals surface area contributed by atoms with Gasteiger partial charge in [-0.1, -0.05) is 13.8 Å². The molecule has 0 aromatic carbocycles. The Kier molecular flexibility index (Phi) is 2.91. The zero-order chi connectivity index (χ0) is 11.7. The number of aromatic amines is 1. The number of rotatable bonds is 3. The predicted octanol–water partition coefficient (Wildman–Crippen LogP) is 2.56. The highest BCUT2D eigenvalue weighted by Gasteiger charge is 2.11. The monoisotopic (exact) mass is 238 g/mol. The summed E-state index contributed by atoms with van der Waals surface area (Å²) in [5.74, 6) is 0.993. The zero-order valence-electron chi connectivity index (χ0n) is 9.52. The largest absolute Gasteiger partial charge is 0.408 e. The van der Waals surface area contributed by atoms with Crippen LogP contribution >= 0.6 is 12.2 Å². The van der Waals surface area contributed by atoms with Crippen molar-refractivity contribution in [3.05, 3.63) is 16.6 Å². The Bertz CT molecular complexity index is 537. The first-order valence-electron chi connectivity index (χ1n) is 5.16. The van der Waals surface area contributed by atoms with Gasteiger partial charge >= 0.3 is 0 Å². The third kappa shape index (κ3) is 2.21. The van der Waals surface area contributed by atoms with Gasteiger partial charge in [0.15, 0.2) is 0 Å². The van der Waals surface area contributed by atoms with Crippen LogP contribution in [-0.4, -0.2) is 20.0 Å². The minimum absolute atomic E-state index is 0.270. The Hall–Kier alpha value is -1.43. The second-order valence-corrected chi connectivity index (χ2v) is 4.54. The number of nitrogens with zero attached hydrogens (tertiary/aromatic N) is 3. The summed E-state index contributed by atoms with van der Waals surface area (Å²) >= 11 is 4.82. The maximum atomic E-state index is 5.22. The minimum Gasteiger partial charge on any atom is -0.408 e. The maximum Gasteiger partial charge on any atom is 0.284 e. The van der Waals surface area contributed by atoms with Crippen molar-refractivity contribution in [1.29, 1.82) is 0 Å². The second-order valence-electron chi connectivity index (χ2n) is 4.17.